The molecule has 2 rings (SSSR count). The third kappa shape index (κ3) is 8.59. The minimum absolute atomic E-state index is 0.132. The fraction of sp³-hybridized carbons (Fsp3) is 0.211. The summed E-state index contributed by atoms with van der Waals surface area (Å²) in [5.41, 5.74) is 0.720. The number of carbonyl (C=O) groups excluding carboxylic acids is 3. The molecule has 0 aliphatic carbocycles. The molecule has 32 heavy (non-hydrogen) atoms. The van der Waals surface area contributed by atoms with E-state index in [2.05, 4.69) is 19.5 Å². The molecule has 0 bridgehead atoms. The SMILES string of the molecule is COC(=O)NCC(=O)SCC(=O)c1ccc(NS(=O)c2ccc(OC(F)(F)F)cc2)cc1. The molecule has 8 nitrogen and oxygen atoms in total. The highest BCUT2D eigenvalue weighted by Crippen LogP contribution is 2.24. The smallest absolute Gasteiger partial charge is 0.453 e. The number of alkyl carbamates (subject to hydrolysis) is 1. The Hall–Kier alpha value is -3.06. The first kappa shape index (κ1) is 25.2. The molecule has 0 aromatic heterocycles. The lowest BCUT2D eigenvalue weighted by Gasteiger charge is -2.10. The average molecular weight is 490 g/mol. The van der Waals surface area contributed by atoms with Crippen LogP contribution in [-0.2, 0) is 20.5 Å². The van der Waals surface area contributed by atoms with Gasteiger partial charge in [-0.25, -0.2) is 9.00 Å². The number of nitrogens with one attached hydrogen (secondary N) is 2. The number of ether oxygens (including phenoxy) is 2. The lowest BCUT2D eigenvalue weighted by atomic mass is 10.1. The third-order valence-electron chi connectivity index (χ3n) is 3.62. The van der Waals surface area contributed by atoms with Crippen LogP contribution in [0, 0.1) is 0 Å². The first-order valence-electron chi connectivity index (χ1n) is 8.72. The molecule has 0 aliphatic heterocycles. The monoisotopic (exact) mass is 490 g/mol. The Labute approximate surface area is 187 Å². The van der Waals surface area contributed by atoms with Gasteiger partial charge >= 0.3 is 12.5 Å². The van der Waals surface area contributed by atoms with Crippen molar-refractivity contribution in [3.63, 3.8) is 0 Å². The third-order valence-corrected chi connectivity index (χ3v) is 5.61. The summed E-state index contributed by atoms with van der Waals surface area (Å²) < 4.78 is 59.6. The molecule has 2 N–H and O–H groups in total. The van der Waals surface area contributed by atoms with E-state index < -0.39 is 34.3 Å². The van der Waals surface area contributed by atoms with E-state index in [-0.39, 0.29) is 23.0 Å². The van der Waals surface area contributed by atoms with Gasteiger partial charge in [0.25, 0.3) is 0 Å². The number of anilines is 1. The van der Waals surface area contributed by atoms with E-state index >= 15 is 0 Å². The summed E-state index contributed by atoms with van der Waals surface area (Å²) >= 11 is 0.745. The second-order valence-corrected chi connectivity index (χ2v) is 8.14. The zero-order valence-electron chi connectivity index (χ0n) is 16.4. The maximum absolute atomic E-state index is 12.3. The molecule has 1 unspecified atom stereocenters. The lowest BCUT2D eigenvalue weighted by molar-refractivity contribution is -0.274. The Morgan fingerprint density at radius 3 is 2.22 bits per heavy atom. The van der Waals surface area contributed by atoms with Gasteiger partial charge in [0.05, 0.1) is 24.3 Å². The lowest BCUT2D eigenvalue weighted by Crippen LogP contribution is -2.28. The van der Waals surface area contributed by atoms with Crippen molar-refractivity contribution >= 4 is 45.4 Å². The average Bonchev–Trinajstić information content (AvgIpc) is 2.75. The number of benzene rings is 2. The van der Waals surface area contributed by atoms with E-state index in [1.165, 1.54) is 36.4 Å². The van der Waals surface area contributed by atoms with Gasteiger partial charge in [-0.3, -0.25) is 9.59 Å². The van der Waals surface area contributed by atoms with Crippen molar-refractivity contribution in [3.05, 3.63) is 54.1 Å². The fourth-order valence-electron chi connectivity index (χ4n) is 2.15. The number of ketones is 1. The van der Waals surface area contributed by atoms with E-state index in [4.69, 9.17) is 0 Å². The quantitative estimate of drug-likeness (QED) is 0.518. The number of hydrogen-bond acceptors (Lipinski definition) is 7. The molecule has 13 heteroatoms. The molecule has 2 aromatic rings. The normalized spacial score (nSPS) is 11.9. The maximum Gasteiger partial charge on any atom is 0.573 e. The van der Waals surface area contributed by atoms with Crippen molar-refractivity contribution in [3.8, 4) is 5.75 Å². The van der Waals surface area contributed by atoms with Crippen molar-refractivity contribution in [2.24, 2.45) is 0 Å². The number of methoxy groups -OCH3 is 1. The van der Waals surface area contributed by atoms with Crippen molar-refractivity contribution in [2.45, 2.75) is 11.3 Å². The summed E-state index contributed by atoms with van der Waals surface area (Å²) in [7, 11) is -0.605. The van der Waals surface area contributed by atoms with Gasteiger partial charge in [0.2, 0.25) is 5.12 Å². The largest absolute Gasteiger partial charge is 0.573 e. The first-order chi connectivity index (χ1) is 15.1. The van der Waals surface area contributed by atoms with Crippen LogP contribution < -0.4 is 14.8 Å². The van der Waals surface area contributed by atoms with Gasteiger partial charge in [-0.1, -0.05) is 11.8 Å². The molecule has 0 heterocycles. The van der Waals surface area contributed by atoms with Crippen LogP contribution in [0.5, 0.6) is 5.75 Å². The Morgan fingerprint density at radius 2 is 1.66 bits per heavy atom. The Balaban J connectivity index is 1.86. The highest BCUT2D eigenvalue weighted by atomic mass is 32.2. The van der Waals surface area contributed by atoms with Crippen LogP contribution >= 0.6 is 11.8 Å². The van der Waals surface area contributed by atoms with Gasteiger partial charge in [0, 0.05) is 11.3 Å². The summed E-state index contributed by atoms with van der Waals surface area (Å²) in [5, 5.41) is 1.80. The summed E-state index contributed by atoms with van der Waals surface area (Å²) in [4.78, 5) is 34.9. The highest BCUT2D eigenvalue weighted by molar-refractivity contribution is 8.14. The second kappa shape index (κ2) is 11.5. The second-order valence-electron chi connectivity index (χ2n) is 5.90. The van der Waals surface area contributed by atoms with E-state index in [0.29, 0.717) is 11.3 Å². The fourth-order valence-corrected chi connectivity index (χ4v) is 3.64. The van der Waals surface area contributed by atoms with Crippen LogP contribution in [0.3, 0.4) is 0 Å². The number of Topliss-reactive ketones (excluding diaryl/α,β-unsaturated/α-hetero) is 1. The predicted molar refractivity (Wildman–Crippen MR) is 112 cm³/mol. The topological polar surface area (TPSA) is 111 Å². The van der Waals surface area contributed by atoms with Crippen molar-refractivity contribution in [1.82, 2.24) is 5.32 Å². The molecule has 0 spiro atoms. The van der Waals surface area contributed by atoms with Crippen molar-refractivity contribution in [1.29, 1.82) is 0 Å². The van der Waals surface area contributed by atoms with Gasteiger partial charge < -0.3 is 19.5 Å². The number of hydrogen-bond donors (Lipinski definition) is 2. The van der Waals surface area contributed by atoms with E-state index in [0.717, 1.165) is 31.0 Å². The van der Waals surface area contributed by atoms with Crippen LogP contribution in [0.15, 0.2) is 53.4 Å². The molecule has 0 saturated heterocycles. The van der Waals surface area contributed by atoms with E-state index in [1.807, 2.05) is 0 Å². The first-order valence-corrected chi connectivity index (χ1v) is 10.9. The molecule has 0 fully saturated rings. The van der Waals surface area contributed by atoms with Crippen LogP contribution in [0.25, 0.3) is 0 Å². The Bertz CT molecular complexity index is 982. The van der Waals surface area contributed by atoms with Crippen molar-refractivity contribution < 1.29 is 41.2 Å². The van der Waals surface area contributed by atoms with Gasteiger partial charge in [-0.2, -0.15) is 0 Å². The number of rotatable bonds is 9. The zero-order valence-corrected chi connectivity index (χ0v) is 18.1. The van der Waals surface area contributed by atoms with Crippen LogP contribution in [0.1, 0.15) is 10.4 Å². The molecule has 1 atom stereocenters. The minimum atomic E-state index is -4.82. The summed E-state index contributed by atoms with van der Waals surface area (Å²) in [6.45, 7) is -0.275. The standard InChI is InChI=1S/C19H17F3N2O6S2/c1-29-18(27)23-10-17(26)31-11-16(25)12-2-4-13(5-3-12)24-32(28)15-8-6-14(7-9-15)30-19(20,21)22/h2-9,24H,10-11H2,1H3,(H,23,27). The van der Waals surface area contributed by atoms with E-state index in [1.54, 1.807) is 0 Å². The number of halogens is 3. The Morgan fingerprint density at radius 1 is 1.03 bits per heavy atom. The number of thioether (sulfide) groups is 1. The van der Waals surface area contributed by atoms with Crippen LogP contribution in [0.4, 0.5) is 23.7 Å². The molecule has 1 amide bonds. The predicted octanol–water partition coefficient (Wildman–Crippen LogP) is 3.52. The van der Waals surface area contributed by atoms with Crippen LogP contribution in [0.2, 0.25) is 0 Å². The van der Waals surface area contributed by atoms with Gasteiger partial charge in [0.15, 0.2) is 5.78 Å². The molecule has 0 saturated carbocycles. The van der Waals surface area contributed by atoms with Crippen LogP contribution in [-0.4, -0.2) is 47.0 Å². The van der Waals surface area contributed by atoms with Crippen molar-refractivity contribution in [2.75, 3.05) is 24.1 Å². The van der Waals surface area contributed by atoms with E-state index in [9.17, 15) is 31.8 Å². The number of carbonyl (C=O) groups is 3. The molecular weight excluding hydrogens is 473 g/mol. The Kier molecular flexibility index (Phi) is 9.08. The molecule has 0 aliphatic rings. The van der Waals surface area contributed by atoms with Gasteiger partial charge in [-0.05, 0) is 48.5 Å². The summed E-state index contributed by atoms with van der Waals surface area (Å²) in [6, 6.07) is 10.5. The molecule has 2 aromatic carbocycles. The highest BCUT2D eigenvalue weighted by Gasteiger charge is 2.31. The molecule has 172 valence electrons. The summed E-state index contributed by atoms with van der Waals surface area (Å²) in [6.07, 6.45) is -5.57. The number of alkyl halides is 3. The summed E-state index contributed by atoms with van der Waals surface area (Å²) in [5.74, 6) is -0.889. The molecule has 0 radical (unpaired) electrons. The minimum Gasteiger partial charge on any atom is -0.453 e. The van der Waals surface area contributed by atoms with Gasteiger partial charge in [0.1, 0.15) is 16.7 Å². The zero-order chi connectivity index (χ0) is 23.7. The molecular formula is C19H17F3N2O6S2. The number of amides is 1. The maximum atomic E-state index is 12.3. The van der Waals surface area contributed by atoms with Gasteiger partial charge in [-0.15, -0.1) is 13.2 Å².